The molecule has 1 aliphatic rings. The number of carbonyl (C=O) groups excluding carboxylic acids is 1. The molecule has 1 N–H and O–H groups in total. The number of benzene rings is 1. The molecule has 0 saturated carbocycles. The zero-order valence-corrected chi connectivity index (χ0v) is 13.8. The molecule has 0 unspecified atom stereocenters. The number of carbonyl (C=O) groups is 1. The van der Waals surface area contributed by atoms with Crippen LogP contribution in [-0.4, -0.2) is 29.9 Å². The molecule has 0 spiro atoms. The molecule has 7 heteroatoms. The summed E-state index contributed by atoms with van der Waals surface area (Å²) in [6.07, 6.45) is -2.94. The van der Waals surface area contributed by atoms with Crippen molar-refractivity contribution in [2.75, 3.05) is 13.1 Å². The molecule has 1 aromatic rings. The molecule has 1 heterocycles. The minimum Gasteiger partial charge on any atom is -0.343 e. The first-order valence-electron chi connectivity index (χ1n) is 8.07. The second-order valence-corrected chi connectivity index (χ2v) is 6.21. The van der Waals surface area contributed by atoms with Crippen LogP contribution in [0.3, 0.4) is 0 Å². The van der Waals surface area contributed by atoms with E-state index in [0.29, 0.717) is 19.5 Å². The summed E-state index contributed by atoms with van der Waals surface area (Å²) in [7, 11) is 0. The lowest BCUT2D eigenvalue weighted by Crippen LogP contribution is -2.50. The molecule has 1 aromatic carbocycles. The maximum Gasteiger partial charge on any atom is 0.416 e. The highest BCUT2D eigenvalue weighted by Crippen LogP contribution is 2.30. The molecule has 1 saturated heterocycles. The van der Waals surface area contributed by atoms with Crippen LogP contribution >= 0.6 is 0 Å². The van der Waals surface area contributed by atoms with Crippen molar-refractivity contribution in [1.29, 1.82) is 0 Å². The third kappa shape index (κ3) is 4.47. The number of rotatable bonds is 4. The Labute approximate surface area is 139 Å². The van der Waals surface area contributed by atoms with E-state index in [-0.39, 0.29) is 30.0 Å². The van der Waals surface area contributed by atoms with E-state index < -0.39 is 17.6 Å². The Morgan fingerprint density at radius 3 is 2.67 bits per heavy atom. The number of likely N-dealkylation sites (tertiary alicyclic amines) is 1. The number of amides is 1. The Kier molecular flexibility index (Phi) is 5.85. The molecular weight excluding hydrogens is 324 g/mol. The summed E-state index contributed by atoms with van der Waals surface area (Å²) in [5.41, 5.74) is -0.840. The van der Waals surface area contributed by atoms with E-state index in [1.54, 1.807) is 4.90 Å². The minimum absolute atomic E-state index is 0.00803. The Balaban J connectivity index is 2.04. The van der Waals surface area contributed by atoms with Gasteiger partial charge in [0.25, 0.3) is 0 Å². The molecule has 0 radical (unpaired) electrons. The van der Waals surface area contributed by atoms with Gasteiger partial charge in [0.1, 0.15) is 5.82 Å². The molecule has 0 aromatic heterocycles. The van der Waals surface area contributed by atoms with Gasteiger partial charge in [-0.1, -0.05) is 13.3 Å². The summed E-state index contributed by atoms with van der Waals surface area (Å²) in [4.78, 5) is 13.2. The second kappa shape index (κ2) is 7.51. The first kappa shape index (κ1) is 18.7. The van der Waals surface area contributed by atoms with Gasteiger partial charge in [0.2, 0.25) is 5.91 Å². The summed E-state index contributed by atoms with van der Waals surface area (Å²) < 4.78 is 52.0. The Morgan fingerprint density at radius 1 is 1.38 bits per heavy atom. The summed E-state index contributed by atoms with van der Waals surface area (Å²) in [5.74, 6) is -0.419. The average Bonchev–Trinajstić information content (AvgIpc) is 2.52. The standard InChI is InChI=1S/C17H22F4N2O/c1-3-12-10-23(11(2)24)7-6-16(12)22-9-13-8-14(17(19,20)21)4-5-15(13)18/h4-5,8,12,16,22H,3,6-7,9-10H2,1-2H3/t12-,16-/m1/s1. The first-order chi connectivity index (χ1) is 11.2. The van der Waals surface area contributed by atoms with Gasteiger partial charge >= 0.3 is 6.18 Å². The van der Waals surface area contributed by atoms with Crippen molar-refractivity contribution in [2.45, 2.75) is 45.5 Å². The smallest absolute Gasteiger partial charge is 0.343 e. The number of nitrogens with zero attached hydrogens (tertiary/aromatic N) is 1. The zero-order chi connectivity index (χ0) is 17.9. The molecule has 3 nitrogen and oxygen atoms in total. The lowest BCUT2D eigenvalue weighted by Gasteiger charge is -2.38. The van der Waals surface area contributed by atoms with Gasteiger partial charge < -0.3 is 10.2 Å². The van der Waals surface area contributed by atoms with Crippen LogP contribution in [0.5, 0.6) is 0 Å². The van der Waals surface area contributed by atoms with E-state index in [4.69, 9.17) is 0 Å². The maximum absolute atomic E-state index is 13.8. The molecule has 1 fully saturated rings. The van der Waals surface area contributed by atoms with Crippen molar-refractivity contribution >= 4 is 5.91 Å². The van der Waals surface area contributed by atoms with Gasteiger partial charge in [-0.15, -0.1) is 0 Å². The monoisotopic (exact) mass is 346 g/mol. The van der Waals surface area contributed by atoms with E-state index in [1.165, 1.54) is 6.92 Å². The Hall–Kier alpha value is -1.63. The van der Waals surface area contributed by atoms with E-state index in [1.807, 2.05) is 6.92 Å². The van der Waals surface area contributed by atoms with Gasteiger partial charge in [-0.2, -0.15) is 13.2 Å². The van der Waals surface area contributed by atoms with Gasteiger partial charge in [0.15, 0.2) is 0 Å². The first-order valence-corrected chi connectivity index (χ1v) is 8.07. The van der Waals surface area contributed by atoms with Gasteiger partial charge in [0.05, 0.1) is 5.56 Å². The molecule has 2 atom stereocenters. The highest BCUT2D eigenvalue weighted by Gasteiger charge is 2.32. The van der Waals surface area contributed by atoms with Crippen molar-refractivity contribution in [3.63, 3.8) is 0 Å². The molecule has 134 valence electrons. The minimum atomic E-state index is -4.48. The topological polar surface area (TPSA) is 32.3 Å². The SMILES string of the molecule is CC[C@@H]1CN(C(C)=O)CC[C@H]1NCc1cc(C(F)(F)F)ccc1F. The molecule has 24 heavy (non-hydrogen) atoms. The fraction of sp³-hybridized carbons (Fsp3) is 0.588. The van der Waals surface area contributed by atoms with Gasteiger partial charge in [-0.3, -0.25) is 4.79 Å². The molecule has 1 amide bonds. The van der Waals surface area contributed by atoms with Crippen molar-refractivity contribution in [2.24, 2.45) is 5.92 Å². The van der Waals surface area contributed by atoms with Crippen LogP contribution in [0.4, 0.5) is 17.6 Å². The van der Waals surface area contributed by atoms with Crippen LogP contribution in [0, 0.1) is 11.7 Å². The van der Waals surface area contributed by atoms with Crippen LogP contribution in [0.15, 0.2) is 18.2 Å². The molecule has 2 rings (SSSR count). The van der Waals surface area contributed by atoms with E-state index >= 15 is 0 Å². The predicted octanol–water partition coefficient (Wildman–Crippen LogP) is 3.58. The summed E-state index contributed by atoms with van der Waals surface area (Å²) in [5, 5.41) is 3.17. The van der Waals surface area contributed by atoms with Crippen LogP contribution < -0.4 is 5.32 Å². The van der Waals surface area contributed by atoms with Crippen LogP contribution in [0.2, 0.25) is 0 Å². The highest BCUT2D eigenvalue weighted by atomic mass is 19.4. The fourth-order valence-electron chi connectivity index (χ4n) is 3.13. The largest absolute Gasteiger partial charge is 0.416 e. The lowest BCUT2D eigenvalue weighted by molar-refractivity contribution is -0.137. The molecular formula is C17H22F4N2O. The van der Waals surface area contributed by atoms with E-state index in [2.05, 4.69) is 5.32 Å². The van der Waals surface area contributed by atoms with E-state index in [0.717, 1.165) is 24.6 Å². The van der Waals surface area contributed by atoms with Crippen molar-refractivity contribution in [3.8, 4) is 0 Å². The molecule has 0 bridgehead atoms. The van der Waals surface area contributed by atoms with Crippen molar-refractivity contribution in [3.05, 3.63) is 35.1 Å². The van der Waals surface area contributed by atoms with Crippen LogP contribution in [-0.2, 0) is 17.5 Å². The number of nitrogens with one attached hydrogen (secondary N) is 1. The average molecular weight is 346 g/mol. The molecule has 1 aliphatic heterocycles. The van der Waals surface area contributed by atoms with E-state index in [9.17, 15) is 22.4 Å². The summed E-state index contributed by atoms with van der Waals surface area (Å²) >= 11 is 0. The Bertz CT molecular complexity index is 588. The number of piperidine rings is 1. The zero-order valence-electron chi connectivity index (χ0n) is 13.8. The number of hydrogen-bond donors (Lipinski definition) is 1. The van der Waals surface area contributed by atoms with Crippen molar-refractivity contribution in [1.82, 2.24) is 10.2 Å². The van der Waals surface area contributed by atoms with Gasteiger partial charge in [0, 0.05) is 38.2 Å². The molecule has 0 aliphatic carbocycles. The van der Waals surface area contributed by atoms with Crippen LogP contribution in [0.25, 0.3) is 0 Å². The normalized spacial score (nSPS) is 21.8. The van der Waals surface area contributed by atoms with Gasteiger partial charge in [-0.25, -0.2) is 4.39 Å². The maximum atomic E-state index is 13.8. The van der Waals surface area contributed by atoms with Gasteiger partial charge in [-0.05, 0) is 30.5 Å². The fourth-order valence-corrected chi connectivity index (χ4v) is 3.13. The highest BCUT2D eigenvalue weighted by molar-refractivity contribution is 5.73. The third-order valence-corrected chi connectivity index (χ3v) is 4.63. The van der Waals surface area contributed by atoms with Crippen molar-refractivity contribution < 1.29 is 22.4 Å². The number of halogens is 4. The summed E-state index contributed by atoms with van der Waals surface area (Å²) in [6, 6.07) is 2.52. The number of hydrogen-bond acceptors (Lipinski definition) is 2. The lowest BCUT2D eigenvalue weighted by atomic mass is 9.89. The van der Waals surface area contributed by atoms with Crippen LogP contribution in [0.1, 0.15) is 37.8 Å². The quantitative estimate of drug-likeness (QED) is 0.845. The third-order valence-electron chi connectivity index (χ3n) is 4.63. The predicted molar refractivity (Wildman–Crippen MR) is 82.7 cm³/mol. The summed E-state index contributed by atoms with van der Waals surface area (Å²) in [6.45, 7) is 4.80. The number of alkyl halides is 3. The Morgan fingerprint density at radius 2 is 2.08 bits per heavy atom. The second-order valence-electron chi connectivity index (χ2n) is 6.21.